The van der Waals surface area contributed by atoms with E-state index in [1.54, 1.807) is 38.7 Å². The number of rotatable bonds is 7. The van der Waals surface area contributed by atoms with Gasteiger partial charge in [-0.1, -0.05) is 19.1 Å². The minimum Gasteiger partial charge on any atom is -0.465 e. The molecule has 3 N–H and O–H groups in total. The van der Waals surface area contributed by atoms with Gasteiger partial charge in [0.1, 0.15) is 11.9 Å². The van der Waals surface area contributed by atoms with E-state index in [2.05, 4.69) is 10.3 Å². The van der Waals surface area contributed by atoms with Crippen molar-refractivity contribution in [2.24, 2.45) is 16.6 Å². The molecule has 1 saturated heterocycles. The molecule has 2 atom stereocenters. The first kappa shape index (κ1) is 25.4. The predicted molar refractivity (Wildman–Crippen MR) is 137 cm³/mol. The monoisotopic (exact) mass is 492 g/mol. The van der Waals surface area contributed by atoms with Gasteiger partial charge in [-0.15, -0.1) is 0 Å². The molecular formula is C27H32N4O5. The smallest absolute Gasteiger partial charge is 0.315 e. The normalized spacial score (nSPS) is 18.3. The molecule has 2 heterocycles. The molecule has 2 aromatic carbocycles. The second-order valence-corrected chi connectivity index (χ2v) is 9.53. The molecular weight excluding hydrogens is 460 g/mol. The lowest BCUT2D eigenvalue weighted by molar-refractivity contribution is -0.148. The Bertz CT molecular complexity index is 1220. The average Bonchev–Trinajstić information content (AvgIpc) is 3.23. The van der Waals surface area contributed by atoms with Crippen LogP contribution in [0.5, 0.6) is 0 Å². The third-order valence-electron chi connectivity index (χ3n) is 6.72. The third-order valence-corrected chi connectivity index (χ3v) is 6.72. The van der Waals surface area contributed by atoms with Crippen molar-refractivity contribution in [2.45, 2.75) is 45.8 Å². The number of hydrogen-bond donors (Lipinski definition) is 2. The number of nitrogens with zero attached hydrogens (tertiary/aromatic N) is 2. The average molecular weight is 493 g/mol. The number of esters is 1. The molecule has 0 saturated carbocycles. The van der Waals surface area contributed by atoms with Crippen molar-refractivity contribution < 1.29 is 23.9 Å². The molecule has 36 heavy (non-hydrogen) atoms. The van der Waals surface area contributed by atoms with E-state index in [1.807, 2.05) is 36.4 Å². The van der Waals surface area contributed by atoms with Crippen molar-refractivity contribution in [1.29, 1.82) is 0 Å². The van der Waals surface area contributed by atoms with Gasteiger partial charge in [0.15, 0.2) is 0 Å². The fraction of sp³-hybridized carbons (Fsp3) is 0.407. The van der Waals surface area contributed by atoms with Gasteiger partial charge >= 0.3 is 5.97 Å². The molecule has 0 bridgehead atoms. The van der Waals surface area contributed by atoms with Crippen molar-refractivity contribution in [3.8, 4) is 0 Å². The molecule has 0 radical (unpaired) electrons. The zero-order valence-corrected chi connectivity index (χ0v) is 21.0. The lowest BCUT2D eigenvalue weighted by atomic mass is 9.84. The Labute approximate surface area is 210 Å². The van der Waals surface area contributed by atoms with E-state index >= 15 is 0 Å². The van der Waals surface area contributed by atoms with Crippen molar-refractivity contribution in [2.75, 3.05) is 30.0 Å². The maximum atomic E-state index is 13.4. The minimum atomic E-state index is -0.936. The maximum absolute atomic E-state index is 13.4. The lowest BCUT2D eigenvalue weighted by Crippen LogP contribution is -2.52. The van der Waals surface area contributed by atoms with E-state index in [9.17, 15) is 14.4 Å². The molecule has 2 aliphatic rings. The predicted octanol–water partition coefficient (Wildman–Crippen LogP) is 2.75. The number of fused-ring (bicyclic) bond motifs is 1. The molecule has 2 amide bonds. The van der Waals surface area contributed by atoms with Crippen LogP contribution in [0, 0.1) is 5.92 Å². The van der Waals surface area contributed by atoms with Crippen LogP contribution < -0.4 is 16.0 Å². The molecule has 2 aliphatic heterocycles. The number of aliphatic imine (C=N–C) groups is 1. The molecule has 9 heteroatoms. The SMILES string of the molecule is CCOC(=O)C(C)(C)c1cccc(N2CCO[C@H](C(C)C(=O)Nc3ccc4c(c3)CN=C4N)C2=O)c1. The molecule has 4 rings (SSSR count). The van der Waals surface area contributed by atoms with Gasteiger partial charge in [-0.2, -0.15) is 0 Å². The topological polar surface area (TPSA) is 123 Å². The molecule has 190 valence electrons. The number of anilines is 2. The van der Waals surface area contributed by atoms with Crippen LogP contribution in [-0.4, -0.2) is 49.5 Å². The zero-order valence-electron chi connectivity index (χ0n) is 21.0. The van der Waals surface area contributed by atoms with Gasteiger partial charge in [0.2, 0.25) is 5.91 Å². The molecule has 0 aliphatic carbocycles. The number of morpholine rings is 1. The molecule has 1 unspecified atom stereocenters. The molecule has 9 nitrogen and oxygen atoms in total. The van der Waals surface area contributed by atoms with Crippen LogP contribution in [0.4, 0.5) is 11.4 Å². The summed E-state index contributed by atoms with van der Waals surface area (Å²) in [5.74, 6) is -1.19. The van der Waals surface area contributed by atoms with Crippen LogP contribution in [-0.2, 0) is 35.8 Å². The fourth-order valence-electron chi connectivity index (χ4n) is 4.41. The Morgan fingerprint density at radius 3 is 2.81 bits per heavy atom. The van der Waals surface area contributed by atoms with E-state index in [4.69, 9.17) is 15.2 Å². The van der Waals surface area contributed by atoms with Gasteiger partial charge < -0.3 is 25.4 Å². The van der Waals surface area contributed by atoms with E-state index in [0.29, 0.717) is 36.9 Å². The summed E-state index contributed by atoms with van der Waals surface area (Å²) in [6.07, 6.45) is -0.936. The van der Waals surface area contributed by atoms with Gasteiger partial charge in [0, 0.05) is 23.5 Å². The fourth-order valence-corrected chi connectivity index (χ4v) is 4.41. The van der Waals surface area contributed by atoms with Gasteiger partial charge in [-0.3, -0.25) is 19.4 Å². The van der Waals surface area contributed by atoms with Crippen molar-refractivity contribution in [3.63, 3.8) is 0 Å². The third kappa shape index (κ3) is 4.83. The number of carbonyl (C=O) groups is 3. The highest BCUT2D eigenvalue weighted by molar-refractivity contribution is 6.04. The number of amidine groups is 1. The lowest BCUT2D eigenvalue weighted by Gasteiger charge is -2.35. The first-order chi connectivity index (χ1) is 17.1. The second-order valence-electron chi connectivity index (χ2n) is 9.53. The highest BCUT2D eigenvalue weighted by Crippen LogP contribution is 2.30. The Balaban J connectivity index is 1.48. The number of nitrogens with two attached hydrogens (primary N) is 1. The summed E-state index contributed by atoms with van der Waals surface area (Å²) in [5.41, 5.74) is 8.80. The van der Waals surface area contributed by atoms with Gasteiger partial charge in [0.05, 0.1) is 31.1 Å². The van der Waals surface area contributed by atoms with E-state index in [-0.39, 0.29) is 24.4 Å². The quantitative estimate of drug-likeness (QED) is 0.573. The number of carbonyl (C=O) groups excluding carboxylic acids is 3. The van der Waals surface area contributed by atoms with Crippen LogP contribution in [0.25, 0.3) is 0 Å². The van der Waals surface area contributed by atoms with Crippen LogP contribution in [0.3, 0.4) is 0 Å². The Morgan fingerprint density at radius 2 is 2.06 bits per heavy atom. The van der Waals surface area contributed by atoms with Crippen LogP contribution in [0.15, 0.2) is 47.5 Å². The number of amides is 2. The summed E-state index contributed by atoms with van der Waals surface area (Å²) in [6.45, 7) is 8.43. The van der Waals surface area contributed by atoms with Gasteiger partial charge in [0.25, 0.3) is 5.91 Å². The highest BCUT2D eigenvalue weighted by Gasteiger charge is 2.39. The highest BCUT2D eigenvalue weighted by atomic mass is 16.5. The Hall–Kier alpha value is -3.72. The first-order valence-corrected chi connectivity index (χ1v) is 12.1. The van der Waals surface area contributed by atoms with Crippen molar-refractivity contribution in [3.05, 3.63) is 59.2 Å². The molecule has 0 spiro atoms. The summed E-state index contributed by atoms with van der Waals surface area (Å²) in [4.78, 5) is 44.7. The summed E-state index contributed by atoms with van der Waals surface area (Å²) >= 11 is 0. The largest absolute Gasteiger partial charge is 0.465 e. The van der Waals surface area contributed by atoms with Gasteiger partial charge in [-0.25, -0.2) is 0 Å². The molecule has 2 aromatic rings. The summed E-state index contributed by atoms with van der Waals surface area (Å²) in [7, 11) is 0. The van der Waals surface area contributed by atoms with Crippen LogP contribution in [0.1, 0.15) is 44.4 Å². The summed E-state index contributed by atoms with van der Waals surface area (Å²) in [6, 6.07) is 12.7. The summed E-state index contributed by atoms with van der Waals surface area (Å²) < 4.78 is 11.0. The Kier molecular flexibility index (Phi) is 7.12. The number of nitrogens with one attached hydrogen (secondary N) is 1. The zero-order chi connectivity index (χ0) is 26.0. The second kappa shape index (κ2) is 10.1. The standard InChI is InChI=1S/C27H32N4O5/c1-5-35-26(34)27(3,4)18-7-6-8-20(14-18)31-11-12-36-22(25(31)33)16(2)24(32)30-19-9-10-21-17(13-19)15-29-23(21)28/h6-10,13-14,16,22H,5,11-12,15H2,1-4H3,(H2,28,29)(H,30,32)/t16?,22-/m1/s1. The minimum absolute atomic E-state index is 0.287. The van der Waals surface area contributed by atoms with E-state index < -0.39 is 17.4 Å². The van der Waals surface area contributed by atoms with Crippen molar-refractivity contribution >= 4 is 35.0 Å². The maximum Gasteiger partial charge on any atom is 0.315 e. The Morgan fingerprint density at radius 1 is 1.28 bits per heavy atom. The van der Waals surface area contributed by atoms with Crippen LogP contribution in [0.2, 0.25) is 0 Å². The van der Waals surface area contributed by atoms with E-state index in [0.717, 1.165) is 16.7 Å². The van der Waals surface area contributed by atoms with Gasteiger partial charge in [-0.05, 0) is 62.2 Å². The van der Waals surface area contributed by atoms with E-state index in [1.165, 1.54) is 0 Å². The number of ether oxygens (including phenoxy) is 2. The molecule has 0 aromatic heterocycles. The summed E-state index contributed by atoms with van der Waals surface area (Å²) in [5, 5.41) is 2.88. The number of benzene rings is 2. The molecule has 1 fully saturated rings. The number of hydrogen-bond acceptors (Lipinski definition) is 7. The van der Waals surface area contributed by atoms with Crippen LogP contribution >= 0.6 is 0 Å². The first-order valence-electron chi connectivity index (χ1n) is 12.1. The van der Waals surface area contributed by atoms with Crippen molar-refractivity contribution in [1.82, 2.24) is 0 Å².